The van der Waals surface area contributed by atoms with Crippen molar-refractivity contribution in [3.63, 3.8) is 0 Å². The van der Waals surface area contributed by atoms with Crippen LogP contribution in [0.4, 0.5) is 0 Å². The van der Waals surface area contributed by atoms with Crippen LogP contribution in [0.3, 0.4) is 0 Å². The van der Waals surface area contributed by atoms with Gasteiger partial charge in [0.15, 0.2) is 0 Å². The molecular weight excluding hydrogens is 238 g/mol. The summed E-state index contributed by atoms with van der Waals surface area (Å²) in [5.74, 6) is 1.48. The fourth-order valence-corrected chi connectivity index (χ4v) is 2.79. The highest BCUT2D eigenvalue weighted by Gasteiger charge is 2.09. The third-order valence-corrected chi connectivity index (χ3v) is 4.64. The quantitative estimate of drug-likeness (QED) is 0.756. The lowest BCUT2D eigenvalue weighted by atomic mass is 9.91. The van der Waals surface area contributed by atoms with E-state index in [1.807, 2.05) is 5.51 Å². The second kappa shape index (κ2) is 5.66. The van der Waals surface area contributed by atoms with Crippen molar-refractivity contribution >= 4 is 11.3 Å². The number of thiazole rings is 1. The number of aromatic nitrogens is 1. The fourth-order valence-electron chi connectivity index (χ4n) is 1.98. The second-order valence-electron chi connectivity index (χ2n) is 5.39. The zero-order valence-corrected chi connectivity index (χ0v) is 12.4. The molecule has 1 aromatic carbocycles. The summed E-state index contributed by atoms with van der Waals surface area (Å²) >= 11 is 1.72. The smallest absolute Gasteiger partial charge is 0.0801 e. The summed E-state index contributed by atoms with van der Waals surface area (Å²) in [6.07, 6.45) is 1.17. The molecule has 0 N–H and O–H groups in total. The lowest BCUT2D eigenvalue weighted by Crippen LogP contribution is -2.07. The van der Waals surface area contributed by atoms with Crippen LogP contribution in [0.5, 0.6) is 0 Å². The van der Waals surface area contributed by atoms with Crippen LogP contribution in [0, 0.1) is 18.8 Å². The zero-order chi connectivity index (χ0) is 13.1. The molecule has 0 radical (unpaired) electrons. The first-order chi connectivity index (χ1) is 8.58. The topological polar surface area (TPSA) is 12.9 Å². The van der Waals surface area contributed by atoms with Crippen LogP contribution in [-0.4, -0.2) is 4.98 Å². The van der Waals surface area contributed by atoms with Gasteiger partial charge in [-0.1, -0.05) is 45.0 Å². The summed E-state index contributed by atoms with van der Waals surface area (Å²) in [6.45, 7) is 8.98. The summed E-state index contributed by atoms with van der Waals surface area (Å²) in [6, 6.07) is 8.96. The van der Waals surface area contributed by atoms with Crippen molar-refractivity contribution in [1.29, 1.82) is 0 Å². The van der Waals surface area contributed by atoms with E-state index in [9.17, 15) is 0 Å². The van der Waals surface area contributed by atoms with E-state index in [0.29, 0.717) is 0 Å². The van der Waals surface area contributed by atoms with Crippen LogP contribution in [0.1, 0.15) is 32.0 Å². The third-order valence-electron chi connectivity index (χ3n) is 3.66. The summed E-state index contributed by atoms with van der Waals surface area (Å²) in [5, 5.41) is 0. The van der Waals surface area contributed by atoms with Crippen molar-refractivity contribution in [2.45, 2.75) is 34.1 Å². The number of rotatable bonds is 4. The van der Waals surface area contributed by atoms with Crippen LogP contribution in [0.15, 0.2) is 29.8 Å². The first-order valence-electron chi connectivity index (χ1n) is 6.57. The zero-order valence-electron chi connectivity index (χ0n) is 11.6. The predicted octanol–water partition coefficient (Wildman–Crippen LogP) is 4.95. The van der Waals surface area contributed by atoms with E-state index in [-0.39, 0.29) is 0 Å². The highest BCUT2D eigenvalue weighted by Crippen LogP contribution is 2.27. The highest BCUT2D eigenvalue weighted by molar-refractivity contribution is 7.13. The molecule has 2 heteroatoms. The SMILES string of the molecule is Cc1ncsc1-c1ccc(C[C@H](C)C(C)C)cc1. The standard InChI is InChI=1S/C16H21NS/c1-11(2)12(3)9-14-5-7-15(8-6-14)16-13(4)17-10-18-16/h5-8,10-12H,9H2,1-4H3/t12-/m0/s1. The van der Waals surface area contributed by atoms with E-state index >= 15 is 0 Å². The second-order valence-corrected chi connectivity index (χ2v) is 6.24. The van der Waals surface area contributed by atoms with Crippen LogP contribution in [0.25, 0.3) is 10.4 Å². The maximum absolute atomic E-state index is 4.31. The van der Waals surface area contributed by atoms with E-state index < -0.39 is 0 Å². The Labute approximate surface area is 114 Å². The minimum absolute atomic E-state index is 0.737. The van der Waals surface area contributed by atoms with Crippen molar-refractivity contribution in [3.8, 4) is 10.4 Å². The lowest BCUT2D eigenvalue weighted by molar-refractivity contribution is 0.417. The van der Waals surface area contributed by atoms with Gasteiger partial charge in [-0.25, -0.2) is 4.98 Å². The summed E-state index contributed by atoms with van der Waals surface area (Å²) in [5.41, 5.74) is 5.76. The monoisotopic (exact) mass is 259 g/mol. The predicted molar refractivity (Wildman–Crippen MR) is 80.0 cm³/mol. The van der Waals surface area contributed by atoms with E-state index in [0.717, 1.165) is 17.5 Å². The Balaban J connectivity index is 2.13. The van der Waals surface area contributed by atoms with Gasteiger partial charge >= 0.3 is 0 Å². The molecule has 0 aliphatic carbocycles. The lowest BCUT2D eigenvalue weighted by Gasteiger charge is -2.15. The third kappa shape index (κ3) is 2.99. The molecule has 18 heavy (non-hydrogen) atoms. The van der Waals surface area contributed by atoms with Crippen molar-refractivity contribution in [2.75, 3.05) is 0 Å². The molecule has 0 saturated heterocycles. The molecular formula is C16H21NS. The summed E-state index contributed by atoms with van der Waals surface area (Å²) in [7, 11) is 0. The van der Waals surface area contributed by atoms with Gasteiger partial charge < -0.3 is 0 Å². The molecule has 0 unspecified atom stereocenters. The number of hydrogen-bond donors (Lipinski definition) is 0. The molecule has 0 aliphatic heterocycles. The van der Waals surface area contributed by atoms with Crippen LogP contribution in [0.2, 0.25) is 0 Å². The van der Waals surface area contributed by atoms with Gasteiger partial charge in [0.05, 0.1) is 16.1 Å². The maximum Gasteiger partial charge on any atom is 0.0801 e. The summed E-state index contributed by atoms with van der Waals surface area (Å²) in [4.78, 5) is 5.60. The number of hydrogen-bond acceptors (Lipinski definition) is 2. The average Bonchev–Trinajstić information content (AvgIpc) is 2.76. The molecule has 0 saturated carbocycles. The largest absolute Gasteiger partial charge is 0.249 e. The van der Waals surface area contributed by atoms with E-state index in [2.05, 4.69) is 56.9 Å². The van der Waals surface area contributed by atoms with Crippen molar-refractivity contribution in [2.24, 2.45) is 11.8 Å². The Hall–Kier alpha value is -1.15. The Morgan fingerprint density at radius 2 is 1.78 bits per heavy atom. The Morgan fingerprint density at radius 3 is 2.28 bits per heavy atom. The molecule has 1 heterocycles. The van der Waals surface area contributed by atoms with Gasteiger partial charge in [-0.15, -0.1) is 11.3 Å². The normalized spacial score (nSPS) is 12.9. The molecule has 96 valence electrons. The fraction of sp³-hybridized carbons (Fsp3) is 0.438. The van der Waals surface area contributed by atoms with Crippen molar-refractivity contribution in [1.82, 2.24) is 4.98 Å². The Kier molecular flexibility index (Phi) is 4.18. The van der Waals surface area contributed by atoms with Gasteiger partial charge in [0.1, 0.15) is 0 Å². The van der Waals surface area contributed by atoms with Gasteiger partial charge in [0.25, 0.3) is 0 Å². The van der Waals surface area contributed by atoms with Crippen LogP contribution >= 0.6 is 11.3 Å². The van der Waals surface area contributed by atoms with Crippen molar-refractivity contribution in [3.05, 3.63) is 41.0 Å². The number of aryl methyl sites for hydroxylation is 1. The molecule has 1 atom stereocenters. The molecule has 0 spiro atoms. The molecule has 2 aromatic rings. The van der Waals surface area contributed by atoms with Crippen LogP contribution in [-0.2, 0) is 6.42 Å². The van der Waals surface area contributed by atoms with E-state index in [4.69, 9.17) is 0 Å². The van der Waals surface area contributed by atoms with Gasteiger partial charge in [-0.05, 0) is 36.3 Å². The summed E-state index contributed by atoms with van der Waals surface area (Å²) < 4.78 is 0. The highest BCUT2D eigenvalue weighted by atomic mass is 32.1. The Bertz CT molecular complexity index is 496. The minimum Gasteiger partial charge on any atom is -0.249 e. The van der Waals surface area contributed by atoms with Crippen LogP contribution < -0.4 is 0 Å². The first-order valence-corrected chi connectivity index (χ1v) is 7.45. The molecule has 1 nitrogen and oxygen atoms in total. The van der Waals surface area contributed by atoms with E-state index in [1.54, 1.807) is 11.3 Å². The molecule has 0 fully saturated rings. The number of nitrogens with zero attached hydrogens (tertiary/aromatic N) is 1. The minimum atomic E-state index is 0.737. The molecule has 2 rings (SSSR count). The molecule has 0 amide bonds. The van der Waals surface area contributed by atoms with E-state index in [1.165, 1.54) is 22.4 Å². The van der Waals surface area contributed by atoms with Gasteiger partial charge in [0, 0.05) is 0 Å². The molecule has 0 aliphatic rings. The maximum atomic E-state index is 4.31. The number of benzene rings is 1. The molecule has 1 aromatic heterocycles. The van der Waals surface area contributed by atoms with Gasteiger partial charge in [-0.3, -0.25) is 0 Å². The first kappa shape index (κ1) is 13.3. The van der Waals surface area contributed by atoms with Gasteiger partial charge in [-0.2, -0.15) is 0 Å². The van der Waals surface area contributed by atoms with Crippen molar-refractivity contribution < 1.29 is 0 Å². The average molecular weight is 259 g/mol. The van der Waals surface area contributed by atoms with Gasteiger partial charge in [0.2, 0.25) is 0 Å². The Morgan fingerprint density at radius 1 is 1.11 bits per heavy atom. The molecule has 0 bridgehead atoms.